The third kappa shape index (κ3) is 4.62. The minimum absolute atomic E-state index is 0.549. The first-order valence-electron chi connectivity index (χ1n) is 9.13. The van der Waals surface area contributed by atoms with Gasteiger partial charge in [0, 0.05) is 38.5 Å². The van der Waals surface area contributed by atoms with Gasteiger partial charge in [0.2, 0.25) is 0 Å². The zero-order valence-electron chi connectivity index (χ0n) is 16.7. The first-order chi connectivity index (χ1) is 14.5. The fraction of sp³-hybridized carbons (Fsp3) is 0.130. The van der Waals surface area contributed by atoms with Gasteiger partial charge in [-0.25, -0.2) is 4.98 Å². The van der Waals surface area contributed by atoms with E-state index in [1.54, 1.807) is 18.3 Å². The molecule has 0 aliphatic heterocycles. The Hall–Kier alpha value is -2.53. The molecule has 0 spiro atoms. The van der Waals surface area contributed by atoms with Crippen LogP contribution in [0, 0.1) is 0 Å². The van der Waals surface area contributed by atoms with E-state index in [2.05, 4.69) is 10.5 Å². The van der Waals surface area contributed by atoms with E-state index in [1.807, 2.05) is 56.4 Å². The third-order valence-corrected chi connectivity index (χ3v) is 5.54. The molecule has 0 aliphatic rings. The zero-order valence-corrected chi connectivity index (χ0v) is 19.0. The minimum atomic E-state index is 0.549. The molecular formula is C23H20Cl3N3O. The van der Waals surface area contributed by atoms with Crippen LogP contribution in [0.25, 0.3) is 22.8 Å². The molecule has 3 rings (SSSR count). The standard InChI is InChI=1S/C23H20Cl3N3O/c1-14(22-19(25)9-6-10-20(22)26)23-16(11-12-28-30-3)17(13-21(27-2)29-23)15-7-4-5-8-18(15)24/h4-13H,1-3H3,(H,27,29)/b16-11-,23-14-,28-12+. The van der Waals surface area contributed by atoms with Crippen LogP contribution in [0.5, 0.6) is 0 Å². The van der Waals surface area contributed by atoms with Crippen molar-refractivity contribution in [3.63, 3.8) is 0 Å². The molecule has 0 saturated carbocycles. The van der Waals surface area contributed by atoms with Crippen molar-refractivity contribution < 1.29 is 4.84 Å². The summed E-state index contributed by atoms with van der Waals surface area (Å²) in [6.07, 6.45) is 3.40. The topological polar surface area (TPSA) is 46.5 Å². The number of oxime groups is 1. The molecule has 1 aromatic heterocycles. The van der Waals surface area contributed by atoms with E-state index < -0.39 is 0 Å². The highest BCUT2D eigenvalue weighted by molar-refractivity contribution is 6.37. The molecule has 0 aliphatic carbocycles. The van der Waals surface area contributed by atoms with Crippen LogP contribution in [0.2, 0.25) is 15.1 Å². The van der Waals surface area contributed by atoms with Gasteiger partial charge < -0.3 is 10.2 Å². The van der Waals surface area contributed by atoms with E-state index in [0.717, 1.165) is 27.5 Å². The Labute approximate surface area is 190 Å². The van der Waals surface area contributed by atoms with Crippen molar-refractivity contribution in [3.05, 3.63) is 79.7 Å². The first kappa shape index (κ1) is 22.2. The maximum absolute atomic E-state index is 6.52. The third-order valence-electron chi connectivity index (χ3n) is 4.58. The summed E-state index contributed by atoms with van der Waals surface area (Å²) in [5, 5.41) is 10.2. The number of anilines is 1. The number of halogens is 3. The smallest absolute Gasteiger partial charge is 0.127 e. The summed E-state index contributed by atoms with van der Waals surface area (Å²) in [5.74, 6) is 0.684. The lowest BCUT2D eigenvalue weighted by molar-refractivity contribution is 0.216. The molecular weight excluding hydrogens is 441 g/mol. The Kier molecular flexibility index (Phi) is 7.38. The fourth-order valence-corrected chi connectivity index (χ4v) is 4.10. The monoisotopic (exact) mass is 459 g/mol. The fourth-order valence-electron chi connectivity index (χ4n) is 3.18. The maximum atomic E-state index is 6.52. The molecule has 0 radical (unpaired) electrons. The predicted octanol–water partition coefficient (Wildman–Crippen LogP) is 5.38. The van der Waals surface area contributed by atoms with Gasteiger partial charge in [-0.15, -0.1) is 0 Å². The number of hydrogen-bond acceptors (Lipinski definition) is 4. The zero-order chi connectivity index (χ0) is 21.7. The minimum Gasteiger partial charge on any atom is -0.399 e. The van der Waals surface area contributed by atoms with Gasteiger partial charge in [0.1, 0.15) is 12.9 Å². The number of hydrogen-bond donors (Lipinski definition) is 1. The molecule has 1 heterocycles. The van der Waals surface area contributed by atoms with Gasteiger partial charge in [-0.05, 0) is 48.4 Å². The molecule has 154 valence electrons. The lowest BCUT2D eigenvalue weighted by atomic mass is 10.00. The molecule has 0 fully saturated rings. The molecule has 0 amide bonds. The van der Waals surface area contributed by atoms with Gasteiger partial charge in [0.05, 0.1) is 11.6 Å². The summed E-state index contributed by atoms with van der Waals surface area (Å²) in [4.78, 5) is 9.63. The number of nitrogens with one attached hydrogen (secondary N) is 1. The summed E-state index contributed by atoms with van der Waals surface area (Å²) >= 11 is 19.5. The van der Waals surface area contributed by atoms with Crippen molar-refractivity contribution in [2.45, 2.75) is 6.92 Å². The molecule has 4 nitrogen and oxygen atoms in total. The van der Waals surface area contributed by atoms with Crippen molar-refractivity contribution in [1.82, 2.24) is 4.98 Å². The van der Waals surface area contributed by atoms with Crippen LogP contribution in [-0.2, 0) is 4.84 Å². The molecule has 0 bridgehead atoms. The van der Waals surface area contributed by atoms with Crippen LogP contribution >= 0.6 is 34.8 Å². The Morgan fingerprint density at radius 2 is 1.67 bits per heavy atom. The summed E-state index contributed by atoms with van der Waals surface area (Å²) in [7, 11) is 3.31. The number of pyridine rings is 1. The van der Waals surface area contributed by atoms with Gasteiger partial charge >= 0.3 is 0 Å². The van der Waals surface area contributed by atoms with Crippen LogP contribution in [0.15, 0.2) is 53.7 Å². The van der Waals surface area contributed by atoms with Gasteiger partial charge in [-0.1, -0.05) is 64.2 Å². The highest BCUT2D eigenvalue weighted by atomic mass is 35.5. The number of nitrogens with zero attached hydrogens (tertiary/aromatic N) is 2. The second-order valence-electron chi connectivity index (χ2n) is 6.37. The summed E-state index contributed by atoms with van der Waals surface area (Å²) in [6.45, 7) is 1.94. The lowest BCUT2D eigenvalue weighted by Crippen LogP contribution is -2.33. The quantitative estimate of drug-likeness (QED) is 0.410. The predicted molar refractivity (Wildman–Crippen MR) is 128 cm³/mol. The van der Waals surface area contributed by atoms with Crippen LogP contribution < -0.4 is 15.9 Å². The van der Waals surface area contributed by atoms with Crippen LogP contribution in [-0.4, -0.2) is 25.4 Å². The Balaban J connectivity index is 2.52. The van der Waals surface area contributed by atoms with Crippen molar-refractivity contribution in [1.29, 1.82) is 0 Å². The summed E-state index contributed by atoms with van der Waals surface area (Å²) < 4.78 is 0. The highest BCUT2D eigenvalue weighted by Crippen LogP contribution is 2.30. The van der Waals surface area contributed by atoms with Crippen molar-refractivity contribution in [2.24, 2.45) is 5.16 Å². The van der Waals surface area contributed by atoms with Gasteiger partial charge in [-0.2, -0.15) is 0 Å². The van der Waals surface area contributed by atoms with E-state index in [9.17, 15) is 0 Å². The van der Waals surface area contributed by atoms with Crippen molar-refractivity contribution in [2.75, 3.05) is 19.5 Å². The second-order valence-corrected chi connectivity index (χ2v) is 7.59. The largest absolute Gasteiger partial charge is 0.399 e. The molecule has 3 aromatic rings. The molecule has 0 unspecified atom stereocenters. The lowest BCUT2D eigenvalue weighted by Gasteiger charge is -2.12. The molecule has 0 saturated heterocycles. The highest BCUT2D eigenvalue weighted by Gasteiger charge is 2.13. The van der Waals surface area contributed by atoms with E-state index in [4.69, 9.17) is 44.6 Å². The normalized spacial score (nSPS) is 12.9. The number of benzene rings is 2. The van der Waals surface area contributed by atoms with Gasteiger partial charge in [0.15, 0.2) is 0 Å². The molecule has 2 aromatic carbocycles. The number of rotatable bonds is 5. The summed E-state index contributed by atoms with van der Waals surface area (Å²) in [6, 6.07) is 15.0. The Bertz CT molecular complexity index is 1200. The number of aromatic nitrogens is 1. The maximum Gasteiger partial charge on any atom is 0.127 e. The van der Waals surface area contributed by atoms with E-state index in [-0.39, 0.29) is 0 Å². The van der Waals surface area contributed by atoms with Crippen molar-refractivity contribution in [3.8, 4) is 11.1 Å². The molecule has 0 atom stereocenters. The van der Waals surface area contributed by atoms with Crippen LogP contribution in [0.1, 0.15) is 12.5 Å². The average Bonchev–Trinajstić information content (AvgIpc) is 2.74. The van der Waals surface area contributed by atoms with Crippen LogP contribution in [0.4, 0.5) is 5.82 Å². The second kappa shape index (κ2) is 9.98. The van der Waals surface area contributed by atoms with E-state index in [0.29, 0.717) is 26.2 Å². The van der Waals surface area contributed by atoms with E-state index >= 15 is 0 Å². The molecule has 7 heteroatoms. The molecule has 30 heavy (non-hydrogen) atoms. The van der Waals surface area contributed by atoms with Crippen LogP contribution in [0.3, 0.4) is 0 Å². The Morgan fingerprint density at radius 3 is 2.30 bits per heavy atom. The SMILES string of the molecule is CNc1cc(-c2ccccc2Cl)c(=C/C=N/OC)/c(=C(\C)c2c(Cl)cccc2Cl)n1. The van der Waals surface area contributed by atoms with Gasteiger partial charge in [-0.3, -0.25) is 0 Å². The summed E-state index contributed by atoms with van der Waals surface area (Å²) in [5.41, 5.74) is 3.31. The molecule has 1 N–H and O–H groups in total. The Morgan fingerprint density at radius 1 is 1.00 bits per heavy atom. The van der Waals surface area contributed by atoms with E-state index in [1.165, 1.54) is 7.11 Å². The van der Waals surface area contributed by atoms with Gasteiger partial charge in [0.25, 0.3) is 0 Å². The average molecular weight is 461 g/mol. The van der Waals surface area contributed by atoms with Crippen molar-refractivity contribution >= 4 is 58.5 Å². The first-order valence-corrected chi connectivity index (χ1v) is 10.3.